The number of nitriles is 1. The molecule has 0 saturated heterocycles. The number of carbonyl (C=O) groups excluding carboxylic acids is 1. The molecule has 3 rings (SSSR count). The molecule has 2 aromatic carbocycles. The van der Waals surface area contributed by atoms with Gasteiger partial charge in [-0.25, -0.2) is 0 Å². The summed E-state index contributed by atoms with van der Waals surface area (Å²) in [7, 11) is 5.63. The second kappa shape index (κ2) is 10.5. The second-order valence-electron chi connectivity index (χ2n) is 7.53. The number of hydrogen-bond acceptors (Lipinski definition) is 4. The Bertz CT molecular complexity index is 1090. The highest BCUT2D eigenvalue weighted by molar-refractivity contribution is 5.96. The molecule has 31 heavy (non-hydrogen) atoms. The van der Waals surface area contributed by atoms with Gasteiger partial charge in [-0.1, -0.05) is 30.3 Å². The number of nitrogens with one attached hydrogen (secondary N) is 1. The molecule has 6 nitrogen and oxygen atoms in total. The average molecular weight is 417 g/mol. The lowest BCUT2D eigenvalue weighted by molar-refractivity contribution is -0.116. The van der Waals surface area contributed by atoms with E-state index in [-0.39, 0.29) is 11.9 Å². The first kappa shape index (κ1) is 22.1. The van der Waals surface area contributed by atoms with Gasteiger partial charge in [0, 0.05) is 41.8 Å². The summed E-state index contributed by atoms with van der Waals surface area (Å²) in [6, 6.07) is 18.1. The fourth-order valence-electron chi connectivity index (χ4n) is 3.61. The van der Waals surface area contributed by atoms with Crippen molar-refractivity contribution in [2.75, 3.05) is 27.7 Å². The third-order valence-corrected chi connectivity index (χ3v) is 5.29. The highest BCUT2D eigenvalue weighted by atomic mass is 16.5. The van der Waals surface area contributed by atoms with E-state index in [2.05, 4.69) is 20.9 Å². The molecule has 1 N–H and O–H groups in total. The Morgan fingerprint density at radius 1 is 1.23 bits per heavy atom. The summed E-state index contributed by atoms with van der Waals surface area (Å²) in [5.74, 6) is 0.663. The van der Waals surface area contributed by atoms with E-state index in [1.807, 2.05) is 74.9 Å². The molecule has 1 atom stereocenters. The Balaban J connectivity index is 1.69. The first-order valence-corrected chi connectivity index (χ1v) is 10.2. The van der Waals surface area contributed by atoms with Crippen LogP contribution in [0.5, 0.6) is 5.75 Å². The van der Waals surface area contributed by atoms with Crippen LogP contribution in [0.1, 0.15) is 23.6 Å². The second-order valence-corrected chi connectivity index (χ2v) is 7.53. The third-order valence-electron chi connectivity index (χ3n) is 5.29. The van der Waals surface area contributed by atoms with Gasteiger partial charge < -0.3 is 19.5 Å². The molecule has 0 fully saturated rings. The number of aromatic nitrogens is 1. The number of rotatable bonds is 9. The number of fused-ring (bicyclic) bond motifs is 1. The van der Waals surface area contributed by atoms with Gasteiger partial charge in [-0.3, -0.25) is 4.79 Å². The Hall–Kier alpha value is -3.56. The van der Waals surface area contributed by atoms with E-state index >= 15 is 0 Å². The molecule has 1 amide bonds. The predicted octanol–water partition coefficient (Wildman–Crippen LogP) is 4.00. The Morgan fingerprint density at radius 2 is 1.97 bits per heavy atom. The normalized spacial score (nSPS) is 12.2. The Kier molecular flexibility index (Phi) is 7.47. The number of hydrogen-bond donors (Lipinski definition) is 1. The van der Waals surface area contributed by atoms with Gasteiger partial charge in [-0.2, -0.15) is 5.26 Å². The maximum Gasteiger partial charge on any atom is 0.244 e. The molecule has 1 heterocycles. The fraction of sp³-hybridized carbons (Fsp3) is 0.280. The number of nitrogens with zero attached hydrogens (tertiary/aromatic N) is 3. The zero-order valence-corrected chi connectivity index (χ0v) is 18.2. The molecule has 0 bridgehead atoms. The van der Waals surface area contributed by atoms with E-state index < -0.39 is 0 Å². The number of methoxy groups -OCH3 is 1. The summed E-state index contributed by atoms with van der Waals surface area (Å²) in [4.78, 5) is 14.6. The number of amides is 1. The van der Waals surface area contributed by atoms with Gasteiger partial charge in [0.2, 0.25) is 5.91 Å². The number of aryl methyl sites for hydroxylation is 1. The zero-order valence-electron chi connectivity index (χ0n) is 18.2. The van der Waals surface area contributed by atoms with Crippen molar-refractivity contribution in [3.05, 3.63) is 71.9 Å². The summed E-state index contributed by atoms with van der Waals surface area (Å²) in [6.45, 7) is 1.12. The van der Waals surface area contributed by atoms with Crippen LogP contribution in [0.15, 0.2) is 60.8 Å². The molecule has 0 saturated carbocycles. The molecule has 1 aromatic heterocycles. The van der Waals surface area contributed by atoms with Gasteiger partial charge in [0.1, 0.15) is 5.75 Å². The third kappa shape index (κ3) is 5.53. The highest BCUT2D eigenvalue weighted by Gasteiger charge is 2.15. The molecule has 0 aliphatic carbocycles. The van der Waals surface area contributed by atoms with Gasteiger partial charge in [0.05, 0.1) is 25.6 Å². The van der Waals surface area contributed by atoms with Gasteiger partial charge in [-0.15, -0.1) is 0 Å². The number of ether oxygens (including phenoxy) is 1. The van der Waals surface area contributed by atoms with Gasteiger partial charge in [-0.05, 0) is 43.9 Å². The van der Waals surface area contributed by atoms with E-state index in [1.54, 1.807) is 13.2 Å². The molecule has 1 unspecified atom stereocenters. The maximum absolute atomic E-state index is 12.5. The van der Waals surface area contributed by atoms with Crippen molar-refractivity contribution in [3.8, 4) is 11.8 Å². The van der Waals surface area contributed by atoms with Crippen molar-refractivity contribution in [1.29, 1.82) is 5.26 Å². The lowest BCUT2D eigenvalue weighted by Gasteiger charge is -2.25. The van der Waals surface area contributed by atoms with E-state index in [4.69, 9.17) is 10.00 Å². The summed E-state index contributed by atoms with van der Waals surface area (Å²) >= 11 is 0. The topological polar surface area (TPSA) is 70.3 Å². The first-order valence-electron chi connectivity index (χ1n) is 10.2. The molecular weight excluding hydrogens is 388 g/mol. The van der Waals surface area contributed by atoms with E-state index in [0.717, 1.165) is 27.8 Å². The van der Waals surface area contributed by atoms with Crippen LogP contribution in [0, 0.1) is 11.3 Å². The SMILES string of the molecule is COc1ccc(C(CNC(=O)/C=C/c2cn(CCC#N)c3ccccc23)N(C)C)cc1. The van der Waals surface area contributed by atoms with Gasteiger partial charge >= 0.3 is 0 Å². The molecule has 6 heteroatoms. The van der Waals surface area contributed by atoms with E-state index in [9.17, 15) is 4.79 Å². The van der Waals surface area contributed by atoms with Crippen LogP contribution in [-0.4, -0.2) is 43.1 Å². The lowest BCUT2D eigenvalue weighted by Crippen LogP contribution is -2.33. The summed E-state index contributed by atoms with van der Waals surface area (Å²) in [6.07, 6.45) is 5.83. The highest BCUT2D eigenvalue weighted by Crippen LogP contribution is 2.23. The number of likely N-dealkylation sites (N-methyl/N-ethyl adjacent to an activating group) is 1. The Labute approximate surface area is 183 Å². The smallest absolute Gasteiger partial charge is 0.244 e. The molecule has 160 valence electrons. The molecule has 0 aliphatic rings. The van der Waals surface area contributed by atoms with Crippen molar-refractivity contribution in [2.45, 2.75) is 19.0 Å². The standard InChI is InChI=1S/C25H28N4O2/c1-28(2)24(19-9-12-21(31-3)13-10-19)17-27-25(30)14-11-20-18-29(16-6-15-26)23-8-5-4-7-22(20)23/h4-5,7-14,18,24H,6,16-17H2,1-3H3,(H,27,30)/b14-11+. The number of para-hydroxylation sites is 1. The van der Waals surface area contributed by atoms with Crippen LogP contribution in [0.4, 0.5) is 0 Å². The molecular formula is C25H28N4O2. The largest absolute Gasteiger partial charge is 0.497 e. The summed E-state index contributed by atoms with van der Waals surface area (Å²) in [5.41, 5.74) is 3.13. The molecule has 0 radical (unpaired) electrons. The lowest BCUT2D eigenvalue weighted by atomic mass is 10.1. The van der Waals surface area contributed by atoms with Crippen molar-refractivity contribution in [3.63, 3.8) is 0 Å². The number of carbonyl (C=O) groups is 1. The average Bonchev–Trinajstić information content (AvgIpc) is 3.14. The quantitative estimate of drug-likeness (QED) is 0.536. The van der Waals surface area contributed by atoms with E-state index in [0.29, 0.717) is 19.5 Å². The number of benzene rings is 2. The predicted molar refractivity (Wildman–Crippen MR) is 124 cm³/mol. The maximum atomic E-state index is 12.5. The monoisotopic (exact) mass is 416 g/mol. The molecule has 0 aliphatic heterocycles. The van der Waals surface area contributed by atoms with Gasteiger partial charge in [0.25, 0.3) is 0 Å². The van der Waals surface area contributed by atoms with Crippen molar-refractivity contribution < 1.29 is 9.53 Å². The summed E-state index contributed by atoms with van der Waals surface area (Å²) < 4.78 is 7.28. The van der Waals surface area contributed by atoms with Crippen LogP contribution in [0.25, 0.3) is 17.0 Å². The first-order chi connectivity index (χ1) is 15.0. The van der Waals surface area contributed by atoms with Crippen molar-refractivity contribution in [2.24, 2.45) is 0 Å². The van der Waals surface area contributed by atoms with Crippen molar-refractivity contribution in [1.82, 2.24) is 14.8 Å². The van der Waals surface area contributed by atoms with Crippen molar-refractivity contribution >= 4 is 22.9 Å². The minimum Gasteiger partial charge on any atom is -0.497 e. The van der Waals surface area contributed by atoms with Crippen LogP contribution < -0.4 is 10.1 Å². The fourth-order valence-corrected chi connectivity index (χ4v) is 3.61. The zero-order chi connectivity index (χ0) is 22.2. The minimum atomic E-state index is -0.144. The Morgan fingerprint density at radius 3 is 2.65 bits per heavy atom. The summed E-state index contributed by atoms with van der Waals surface area (Å²) in [5, 5.41) is 13.0. The van der Waals surface area contributed by atoms with Crippen LogP contribution in [0.2, 0.25) is 0 Å². The van der Waals surface area contributed by atoms with E-state index in [1.165, 1.54) is 0 Å². The minimum absolute atomic E-state index is 0.0520. The van der Waals surface area contributed by atoms with Crippen LogP contribution >= 0.6 is 0 Å². The molecule has 3 aromatic rings. The van der Waals surface area contributed by atoms with Gasteiger partial charge in [0.15, 0.2) is 0 Å². The van der Waals surface area contributed by atoms with Crippen LogP contribution in [-0.2, 0) is 11.3 Å². The van der Waals surface area contributed by atoms with Crippen LogP contribution in [0.3, 0.4) is 0 Å². The molecule has 0 spiro atoms.